The van der Waals surface area contributed by atoms with Gasteiger partial charge in [-0.25, -0.2) is 4.79 Å². The number of aliphatic hydroxyl groups excluding tert-OH is 1. The van der Waals surface area contributed by atoms with E-state index in [-0.39, 0.29) is 17.8 Å². The summed E-state index contributed by atoms with van der Waals surface area (Å²) in [6, 6.07) is 10.1. The molecular weight excluding hydrogens is 300 g/mol. The number of aliphatic hydroxyl groups is 1. The van der Waals surface area contributed by atoms with Gasteiger partial charge in [0, 0.05) is 17.1 Å². The first-order chi connectivity index (χ1) is 10.6. The zero-order valence-corrected chi connectivity index (χ0v) is 13.6. The lowest BCUT2D eigenvalue weighted by atomic mass is 9.88. The van der Waals surface area contributed by atoms with Crippen molar-refractivity contribution in [3.8, 4) is 0 Å². The molecule has 0 spiro atoms. The third kappa shape index (κ3) is 2.63. The van der Waals surface area contributed by atoms with Gasteiger partial charge in [-0.05, 0) is 24.5 Å². The van der Waals surface area contributed by atoms with Crippen LogP contribution < -0.4 is 0 Å². The van der Waals surface area contributed by atoms with Crippen LogP contribution in [0.5, 0.6) is 0 Å². The van der Waals surface area contributed by atoms with Crippen LogP contribution in [0, 0.1) is 5.92 Å². The van der Waals surface area contributed by atoms with Crippen molar-refractivity contribution in [3.63, 3.8) is 0 Å². The molecular formula is C17H20O4S. The minimum absolute atomic E-state index is 0.126. The number of thioether (sulfide) groups is 1. The third-order valence-corrected chi connectivity index (χ3v) is 5.81. The van der Waals surface area contributed by atoms with Gasteiger partial charge in [-0.2, -0.15) is 0 Å². The van der Waals surface area contributed by atoms with E-state index in [1.54, 1.807) is 11.8 Å². The number of hydrogen-bond donors (Lipinski definition) is 1. The Kier molecular flexibility index (Phi) is 4.19. The fraction of sp³-hybridized carbons (Fsp3) is 0.471. The smallest absolute Gasteiger partial charge is 0.339 e. The molecule has 2 bridgehead atoms. The van der Waals surface area contributed by atoms with E-state index in [4.69, 9.17) is 9.47 Å². The van der Waals surface area contributed by atoms with Crippen molar-refractivity contribution in [2.75, 3.05) is 12.9 Å². The maximum absolute atomic E-state index is 11.8. The standard InChI is InChI=1S/C17H20O4S/c1-11-8-14-15(16(19)20-2)13(18)9-17(11,21-14)10-22-12-6-4-3-5-7-12/h3-7,11,14,18H,8-10H2,1-2H3/t11-,14+,17-/m0/s1. The Balaban J connectivity index is 1.79. The Morgan fingerprint density at radius 1 is 1.45 bits per heavy atom. The van der Waals surface area contributed by atoms with Gasteiger partial charge >= 0.3 is 5.97 Å². The highest BCUT2D eigenvalue weighted by atomic mass is 32.2. The first-order valence-corrected chi connectivity index (χ1v) is 8.40. The van der Waals surface area contributed by atoms with Crippen LogP contribution in [0.15, 0.2) is 46.6 Å². The SMILES string of the molecule is COC(=O)C1=C(O)C[C@@]2(CSc3ccccc3)O[C@@H]1C[C@@H]2C. The Morgan fingerprint density at radius 2 is 2.18 bits per heavy atom. The van der Waals surface area contributed by atoms with Crippen LogP contribution in [0.3, 0.4) is 0 Å². The molecule has 2 aliphatic rings. The van der Waals surface area contributed by atoms with Crippen molar-refractivity contribution in [2.45, 2.75) is 36.4 Å². The molecule has 0 amide bonds. The van der Waals surface area contributed by atoms with Gasteiger partial charge in [-0.1, -0.05) is 25.1 Å². The number of hydrogen-bond acceptors (Lipinski definition) is 5. The summed E-state index contributed by atoms with van der Waals surface area (Å²) in [6.45, 7) is 2.12. The number of fused-ring (bicyclic) bond motifs is 2. The van der Waals surface area contributed by atoms with Crippen molar-refractivity contribution in [1.29, 1.82) is 0 Å². The molecule has 0 radical (unpaired) electrons. The quantitative estimate of drug-likeness (QED) is 0.681. The average molecular weight is 320 g/mol. The van der Waals surface area contributed by atoms with Crippen LogP contribution in [0.1, 0.15) is 19.8 Å². The molecule has 1 aromatic rings. The van der Waals surface area contributed by atoms with Crippen LogP contribution in [0.4, 0.5) is 0 Å². The normalized spacial score (nSPS) is 30.5. The summed E-state index contributed by atoms with van der Waals surface area (Å²) in [5.41, 5.74) is -0.112. The molecule has 2 heterocycles. The topological polar surface area (TPSA) is 55.8 Å². The van der Waals surface area contributed by atoms with Crippen LogP contribution in [-0.2, 0) is 14.3 Å². The third-order valence-electron chi connectivity index (χ3n) is 4.57. The molecule has 3 atom stereocenters. The van der Waals surface area contributed by atoms with E-state index in [0.717, 1.165) is 12.2 Å². The van der Waals surface area contributed by atoms with Crippen molar-refractivity contribution in [2.24, 2.45) is 5.92 Å². The minimum atomic E-state index is -0.485. The minimum Gasteiger partial charge on any atom is -0.512 e. The summed E-state index contributed by atoms with van der Waals surface area (Å²) in [4.78, 5) is 13.0. The maximum atomic E-state index is 11.8. The Hall–Kier alpha value is -1.46. The Morgan fingerprint density at radius 3 is 2.86 bits per heavy atom. The molecule has 3 rings (SSSR count). The Bertz CT molecular complexity index is 598. The van der Waals surface area contributed by atoms with E-state index in [1.807, 2.05) is 18.2 Å². The summed E-state index contributed by atoms with van der Waals surface area (Å²) >= 11 is 1.72. The van der Waals surface area contributed by atoms with Crippen LogP contribution >= 0.6 is 11.8 Å². The Labute approximate surface area is 134 Å². The molecule has 1 saturated heterocycles. The predicted octanol–water partition coefficient (Wildman–Crippen LogP) is 3.33. The first kappa shape index (κ1) is 15.4. The average Bonchev–Trinajstić information content (AvgIpc) is 2.78. The summed E-state index contributed by atoms with van der Waals surface area (Å²) < 4.78 is 11.0. The summed E-state index contributed by atoms with van der Waals surface area (Å²) in [5, 5.41) is 10.3. The monoisotopic (exact) mass is 320 g/mol. The number of methoxy groups -OCH3 is 1. The van der Waals surface area contributed by atoms with E-state index in [9.17, 15) is 9.90 Å². The van der Waals surface area contributed by atoms with Gasteiger partial charge < -0.3 is 14.6 Å². The van der Waals surface area contributed by atoms with Gasteiger partial charge in [0.15, 0.2) is 0 Å². The second-order valence-corrected chi connectivity index (χ2v) is 6.99. The lowest BCUT2D eigenvalue weighted by molar-refractivity contribution is -0.139. The summed E-state index contributed by atoms with van der Waals surface area (Å²) in [5.74, 6) is 0.674. The molecule has 118 valence electrons. The van der Waals surface area contributed by atoms with Crippen molar-refractivity contribution < 1.29 is 19.4 Å². The van der Waals surface area contributed by atoms with Gasteiger partial charge in [0.2, 0.25) is 0 Å². The molecule has 0 unspecified atom stereocenters. The zero-order valence-electron chi connectivity index (χ0n) is 12.7. The lowest BCUT2D eigenvalue weighted by Gasteiger charge is -2.36. The predicted molar refractivity (Wildman–Crippen MR) is 84.8 cm³/mol. The van der Waals surface area contributed by atoms with Crippen molar-refractivity contribution in [1.82, 2.24) is 0 Å². The van der Waals surface area contributed by atoms with Crippen molar-refractivity contribution >= 4 is 17.7 Å². The van der Waals surface area contributed by atoms with E-state index in [0.29, 0.717) is 12.0 Å². The molecule has 2 aliphatic heterocycles. The van der Waals surface area contributed by atoms with Gasteiger partial charge in [-0.15, -0.1) is 11.8 Å². The molecule has 1 aromatic carbocycles. The van der Waals surface area contributed by atoms with E-state index < -0.39 is 11.6 Å². The molecule has 0 saturated carbocycles. The fourth-order valence-electron chi connectivity index (χ4n) is 3.25. The van der Waals surface area contributed by atoms with Crippen molar-refractivity contribution in [3.05, 3.63) is 41.7 Å². The molecule has 0 aromatic heterocycles. The van der Waals surface area contributed by atoms with Crippen LogP contribution in [0.2, 0.25) is 0 Å². The zero-order chi connectivity index (χ0) is 15.7. The van der Waals surface area contributed by atoms with Gasteiger partial charge in [-0.3, -0.25) is 0 Å². The number of carbonyl (C=O) groups is 1. The number of ether oxygens (including phenoxy) is 2. The summed E-state index contributed by atoms with van der Waals surface area (Å²) in [6.07, 6.45) is 0.756. The maximum Gasteiger partial charge on any atom is 0.339 e. The summed E-state index contributed by atoms with van der Waals surface area (Å²) in [7, 11) is 1.33. The molecule has 1 fully saturated rings. The number of carbonyl (C=O) groups excluding carboxylic acids is 1. The van der Waals surface area contributed by atoms with Crippen LogP contribution in [-0.4, -0.2) is 35.6 Å². The number of esters is 1. The molecule has 22 heavy (non-hydrogen) atoms. The first-order valence-electron chi connectivity index (χ1n) is 7.42. The second-order valence-electron chi connectivity index (χ2n) is 5.94. The van der Waals surface area contributed by atoms with Gasteiger partial charge in [0.25, 0.3) is 0 Å². The molecule has 5 heteroatoms. The highest BCUT2D eigenvalue weighted by Crippen LogP contribution is 2.49. The van der Waals surface area contributed by atoms with Gasteiger partial charge in [0.1, 0.15) is 11.3 Å². The molecule has 0 aliphatic carbocycles. The van der Waals surface area contributed by atoms with E-state index >= 15 is 0 Å². The highest BCUT2D eigenvalue weighted by molar-refractivity contribution is 7.99. The second kappa shape index (κ2) is 5.97. The molecule has 1 N–H and O–H groups in total. The fourth-order valence-corrected chi connectivity index (χ4v) is 4.46. The van der Waals surface area contributed by atoms with Crippen LogP contribution in [0.25, 0.3) is 0 Å². The lowest BCUT2D eigenvalue weighted by Crippen LogP contribution is -2.41. The highest BCUT2D eigenvalue weighted by Gasteiger charge is 2.53. The largest absolute Gasteiger partial charge is 0.512 e. The van der Waals surface area contributed by atoms with E-state index in [1.165, 1.54) is 12.0 Å². The number of benzene rings is 1. The van der Waals surface area contributed by atoms with E-state index in [2.05, 4.69) is 19.1 Å². The van der Waals surface area contributed by atoms with Gasteiger partial charge in [0.05, 0.1) is 18.8 Å². The molecule has 4 nitrogen and oxygen atoms in total. The number of rotatable bonds is 4.